The van der Waals surface area contributed by atoms with Crippen LogP contribution in [0.2, 0.25) is 0 Å². The van der Waals surface area contributed by atoms with E-state index in [-0.39, 0.29) is 10.8 Å². The van der Waals surface area contributed by atoms with E-state index in [2.05, 4.69) is 22.3 Å². The molecule has 1 aliphatic rings. The summed E-state index contributed by atoms with van der Waals surface area (Å²) in [6, 6.07) is 16.7. The molecule has 7 heteroatoms. The summed E-state index contributed by atoms with van der Waals surface area (Å²) in [5.74, 6) is 1.12. The van der Waals surface area contributed by atoms with Crippen LogP contribution in [-0.2, 0) is 14.6 Å². The third kappa shape index (κ3) is 6.49. The molecule has 2 aromatic rings. The molecule has 0 saturated carbocycles. The van der Waals surface area contributed by atoms with E-state index in [9.17, 15) is 13.2 Å². The first kappa shape index (κ1) is 21.2. The van der Waals surface area contributed by atoms with E-state index < -0.39 is 9.84 Å². The fraction of sp³-hybridized carbons (Fsp3) is 0.409. The third-order valence-electron chi connectivity index (χ3n) is 5.06. The van der Waals surface area contributed by atoms with Crippen LogP contribution in [0.15, 0.2) is 59.5 Å². The number of amides is 1. The predicted octanol–water partition coefficient (Wildman–Crippen LogP) is 2.89. The van der Waals surface area contributed by atoms with Gasteiger partial charge in [0.2, 0.25) is 5.91 Å². The van der Waals surface area contributed by atoms with Crippen molar-refractivity contribution in [1.29, 1.82) is 0 Å². The number of benzene rings is 2. The van der Waals surface area contributed by atoms with Crippen LogP contribution in [-0.4, -0.2) is 46.8 Å². The lowest BCUT2D eigenvalue weighted by Gasteiger charge is -2.18. The smallest absolute Gasteiger partial charge is 0.220 e. The molecule has 29 heavy (non-hydrogen) atoms. The monoisotopic (exact) mass is 416 g/mol. The molecule has 1 unspecified atom stereocenters. The number of para-hydroxylation sites is 1. The molecular weight excluding hydrogens is 388 g/mol. The van der Waals surface area contributed by atoms with Gasteiger partial charge in [-0.3, -0.25) is 4.79 Å². The largest absolute Gasteiger partial charge is 0.494 e. The lowest BCUT2D eigenvalue weighted by Crippen LogP contribution is -2.31. The summed E-state index contributed by atoms with van der Waals surface area (Å²) in [6.07, 6.45) is 3.28. The summed E-state index contributed by atoms with van der Waals surface area (Å²) < 4.78 is 28.5. The van der Waals surface area contributed by atoms with Gasteiger partial charge in [0, 0.05) is 38.0 Å². The van der Waals surface area contributed by atoms with Crippen molar-refractivity contribution in [3.63, 3.8) is 0 Å². The first-order valence-corrected chi connectivity index (χ1v) is 11.8. The Morgan fingerprint density at radius 3 is 2.55 bits per heavy atom. The van der Waals surface area contributed by atoms with E-state index in [1.165, 1.54) is 24.1 Å². The predicted molar refractivity (Wildman–Crippen MR) is 114 cm³/mol. The molecule has 0 aromatic heterocycles. The number of anilines is 1. The van der Waals surface area contributed by atoms with E-state index in [0.29, 0.717) is 37.7 Å². The van der Waals surface area contributed by atoms with Crippen LogP contribution in [0.3, 0.4) is 0 Å². The Kier molecular flexibility index (Phi) is 7.14. The van der Waals surface area contributed by atoms with Crippen molar-refractivity contribution in [3.05, 3.63) is 54.6 Å². The van der Waals surface area contributed by atoms with Gasteiger partial charge >= 0.3 is 0 Å². The number of nitrogens with zero attached hydrogens (tertiary/aromatic N) is 1. The molecule has 0 bridgehead atoms. The van der Waals surface area contributed by atoms with Crippen molar-refractivity contribution in [3.8, 4) is 5.75 Å². The zero-order valence-electron chi connectivity index (χ0n) is 16.7. The Balaban J connectivity index is 1.31. The summed E-state index contributed by atoms with van der Waals surface area (Å²) in [5, 5.41) is 3.03. The van der Waals surface area contributed by atoms with Gasteiger partial charge in [0.05, 0.1) is 11.5 Å². The topological polar surface area (TPSA) is 75.7 Å². The van der Waals surface area contributed by atoms with E-state index in [1.54, 1.807) is 12.1 Å². The zero-order valence-corrected chi connectivity index (χ0v) is 17.5. The van der Waals surface area contributed by atoms with Crippen molar-refractivity contribution in [1.82, 2.24) is 5.32 Å². The minimum atomic E-state index is -3.20. The maximum atomic E-state index is 12.1. The lowest BCUT2D eigenvalue weighted by atomic mass is 10.1. The molecule has 2 aromatic carbocycles. The average Bonchev–Trinajstić information content (AvgIpc) is 3.19. The SMILES string of the molecule is CS(=O)(=O)c1ccc(OCCCC(=O)NCC2CCN(c3ccccc3)C2)cc1. The van der Waals surface area contributed by atoms with Gasteiger partial charge in [0.25, 0.3) is 0 Å². The van der Waals surface area contributed by atoms with E-state index in [1.807, 2.05) is 18.2 Å². The number of hydrogen-bond acceptors (Lipinski definition) is 5. The average molecular weight is 417 g/mol. The molecule has 1 fully saturated rings. The number of carbonyl (C=O) groups is 1. The van der Waals surface area contributed by atoms with Gasteiger partial charge < -0.3 is 15.0 Å². The summed E-state index contributed by atoms with van der Waals surface area (Å²) in [4.78, 5) is 14.7. The molecular formula is C22H28N2O4S. The first-order valence-electron chi connectivity index (χ1n) is 9.91. The molecule has 0 radical (unpaired) electrons. The molecule has 1 aliphatic heterocycles. The summed E-state index contributed by atoms with van der Waals surface area (Å²) in [7, 11) is -3.20. The molecule has 1 N–H and O–H groups in total. The number of nitrogens with one attached hydrogen (secondary N) is 1. The van der Waals surface area contributed by atoms with Crippen molar-refractivity contribution in [2.45, 2.75) is 24.2 Å². The van der Waals surface area contributed by atoms with Gasteiger partial charge in [0.15, 0.2) is 9.84 Å². The Labute approximate surface area is 172 Å². The number of sulfone groups is 1. The van der Waals surface area contributed by atoms with E-state index >= 15 is 0 Å². The minimum absolute atomic E-state index is 0.0409. The van der Waals surface area contributed by atoms with Crippen LogP contribution >= 0.6 is 0 Å². The first-order chi connectivity index (χ1) is 13.9. The fourth-order valence-electron chi connectivity index (χ4n) is 3.42. The number of rotatable bonds is 9. The van der Waals surface area contributed by atoms with Crippen molar-refractivity contribution < 1.29 is 17.9 Å². The maximum absolute atomic E-state index is 12.1. The molecule has 1 atom stereocenters. The van der Waals surface area contributed by atoms with Crippen molar-refractivity contribution in [2.24, 2.45) is 5.92 Å². The molecule has 1 saturated heterocycles. The van der Waals surface area contributed by atoms with Gasteiger partial charge in [-0.15, -0.1) is 0 Å². The van der Waals surface area contributed by atoms with Gasteiger partial charge in [-0.1, -0.05) is 18.2 Å². The van der Waals surface area contributed by atoms with Gasteiger partial charge in [-0.05, 0) is 55.2 Å². The number of hydrogen-bond donors (Lipinski definition) is 1. The standard InChI is InChI=1S/C22H28N2O4S/c1-29(26,27)21-11-9-20(10-12-21)28-15-5-8-22(25)23-16-18-13-14-24(17-18)19-6-3-2-4-7-19/h2-4,6-7,9-12,18H,5,8,13-17H2,1H3,(H,23,25). The molecule has 1 heterocycles. The van der Waals surface area contributed by atoms with Crippen molar-refractivity contribution >= 4 is 21.4 Å². The molecule has 1 amide bonds. The van der Waals surface area contributed by atoms with Crippen LogP contribution < -0.4 is 15.0 Å². The molecule has 6 nitrogen and oxygen atoms in total. The molecule has 3 rings (SSSR count). The Morgan fingerprint density at radius 2 is 1.86 bits per heavy atom. The highest BCUT2D eigenvalue weighted by Gasteiger charge is 2.22. The second kappa shape index (κ2) is 9.78. The molecule has 0 spiro atoms. The molecule has 156 valence electrons. The number of ether oxygens (including phenoxy) is 1. The fourth-order valence-corrected chi connectivity index (χ4v) is 4.06. The highest BCUT2D eigenvalue weighted by molar-refractivity contribution is 7.90. The van der Waals surface area contributed by atoms with E-state index in [0.717, 1.165) is 19.5 Å². The lowest BCUT2D eigenvalue weighted by molar-refractivity contribution is -0.121. The minimum Gasteiger partial charge on any atom is -0.494 e. The highest BCUT2D eigenvalue weighted by atomic mass is 32.2. The summed E-state index contributed by atoms with van der Waals surface area (Å²) in [6.45, 7) is 3.11. The number of carbonyl (C=O) groups excluding carboxylic acids is 1. The second-order valence-electron chi connectivity index (χ2n) is 7.44. The highest BCUT2D eigenvalue weighted by Crippen LogP contribution is 2.23. The van der Waals surface area contributed by atoms with Gasteiger partial charge in [-0.25, -0.2) is 8.42 Å². The maximum Gasteiger partial charge on any atom is 0.220 e. The zero-order chi connectivity index (χ0) is 20.7. The van der Waals surface area contributed by atoms with E-state index in [4.69, 9.17) is 4.74 Å². The van der Waals surface area contributed by atoms with Crippen LogP contribution in [0.5, 0.6) is 5.75 Å². The summed E-state index contributed by atoms with van der Waals surface area (Å²) >= 11 is 0. The van der Waals surface area contributed by atoms with Gasteiger partial charge in [0.1, 0.15) is 5.75 Å². The Morgan fingerprint density at radius 1 is 1.14 bits per heavy atom. The van der Waals surface area contributed by atoms with Gasteiger partial charge in [-0.2, -0.15) is 0 Å². The summed E-state index contributed by atoms with van der Waals surface area (Å²) in [5.41, 5.74) is 1.24. The van der Waals surface area contributed by atoms with Crippen molar-refractivity contribution in [2.75, 3.05) is 37.4 Å². The quantitative estimate of drug-likeness (QED) is 0.636. The van der Waals surface area contributed by atoms with Crippen LogP contribution in [0.1, 0.15) is 19.3 Å². The molecule has 0 aliphatic carbocycles. The Hall–Kier alpha value is -2.54. The van der Waals surface area contributed by atoms with Crippen LogP contribution in [0.4, 0.5) is 5.69 Å². The Bertz CT molecular complexity index is 898. The second-order valence-corrected chi connectivity index (χ2v) is 9.45. The third-order valence-corrected chi connectivity index (χ3v) is 6.19. The van der Waals surface area contributed by atoms with Crippen LogP contribution in [0.25, 0.3) is 0 Å². The van der Waals surface area contributed by atoms with Crippen LogP contribution in [0, 0.1) is 5.92 Å². The normalized spacial score (nSPS) is 16.6.